The van der Waals surface area contributed by atoms with Crippen LogP contribution in [0.5, 0.6) is 0 Å². The lowest BCUT2D eigenvalue weighted by Gasteiger charge is -2.37. The average Bonchev–Trinajstić information content (AvgIpc) is 2.90. The standard InChI is InChI=1S/C29H28BrN3O4/c1-3-17-33-26(19-11-6-5-7-12-19)24(28(35)37-4-2)25(32-29(33)36)20-13-10-14-21(18-20)31-27(34)22-15-8-9-16-23(22)30/h5-16,18,25H,3-4,17H2,1-2H3,(H,31,34)(H,32,36). The van der Waals surface area contributed by atoms with Crippen molar-refractivity contribution in [2.75, 3.05) is 18.5 Å². The van der Waals surface area contributed by atoms with E-state index in [0.29, 0.717) is 45.5 Å². The molecule has 0 saturated carbocycles. The minimum atomic E-state index is -0.768. The van der Waals surface area contributed by atoms with Gasteiger partial charge in [-0.15, -0.1) is 0 Å². The molecule has 1 unspecified atom stereocenters. The van der Waals surface area contributed by atoms with E-state index in [0.717, 1.165) is 5.56 Å². The van der Waals surface area contributed by atoms with Crippen LogP contribution >= 0.6 is 15.9 Å². The number of rotatable bonds is 8. The molecular weight excluding hydrogens is 534 g/mol. The molecule has 1 heterocycles. The number of hydrogen-bond donors (Lipinski definition) is 2. The van der Waals surface area contributed by atoms with Gasteiger partial charge in [0.2, 0.25) is 0 Å². The van der Waals surface area contributed by atoms with Gasteiger partial charge in [0.25, 0.3) is 5.91 Å². The van der Waals surface area contributed by atoms with Crippen LogP contribution in [-0.2, 0) is 9.53 Å². The number of urea groups is 1. The smallest absolute Gasteiger partial charge is 0.338 e. The van der Waals surface area contributed by atoms with Crippen LogP contribution in [0.25, 0.3) is 5.70 Å². The lowest BCUT2D eigenvalue weighted by molar-refractivity contribution is -0.138. The first kappa shape index (κ1) is 26.2. The second-order valence-corrected chi connectivity index (χ2v) is 9.30. The maximum absolute atomic E-state index is 13.4. The first-order valence-electron chi connectivity index (χ1n) is 12.1. The maximum atomic E-state index is 13.4. The van der Waals surface area contributed by atoms with E-state index in [1.54, 1.807) is 48.2 Å². The normalized spacial score (nSPS) is 15.3. The Balaban J connectivity index is 1.80. The Kier molecular flexibility index (Phi) is 8.40. The molecule has 4 rings (SSSR count). The average molecular weight is 562 g/mol. The monoisotopic (exact) mass is 561 g/mol. The van der Waals surface area contributed by atoms with E-state index >= 15 is 0 Å². The lowest BCUT2D eigenvalue weighted by Crippen LogP contribution is -2.48. The number of carbonyl (C=O) groups is 3. The third kappa shape index (κ3) is 5.75. The molecule has 190 valence electrons. The second kappa shape index (κ2) is 11.9. The summed E-state index contributed by atoms with van der Waals surface area (Å²) in [5, 5.41) is 5.89. The SMILES string of the molecule is CCCN1C(=O)NC(c2cccc(NC(=O)c3ccccc3Br)c2)C(C(=O)OCC)=C1c1ccccc1. The highest BCUT2D eigenvalue weighted by Gasteiger charge is 2.38. The molecule has 0 spiro atoms. The van der Waals surface area contributed by atoms with Crippen LogP contribution in [0.2, 0.25) is 0 Å². The van der Waals surface area contributed by atoms with E-state index < -0.39 is 12.0 Å². The Bertz CT molecular complexity index is 1340. The first-order valence-corrected chi connectivity index (χ1v) is 12.9. The van der Waals surface area contributed by atoms with Crippen molar-refractivity contribution in [3.63, 3.8) is 0 Å². The second-order valence-electron chi connectivity index (χ2n) is 8.44. The third-order valence-corrected chi connectivity index (χ3v) is 6.60. The summed E-state index contributed by atoms with van der Waals surface area (Å²) >= 11 is 3.41. The molecule has 3 aromatic rings. The topological polar surface area (TPSA) is 87.7 Å². The van der Waals surface area contributed by atoms with Crippen molar-refractivity contribution >= 4 is 45.2 Å². The number of nitrogens with zero attached hydrogens (tertiary/aromatic N) is 1. The van der Waals surface area contributed by atoms with Crippen LogP contribution in [0.1, 0.15) is 47.8 Å². The van der Waals surface area contributed by atoms with Crippen LogP contribution in [0.4, 0.5) is 10.5 Å². The van der Waals surface area contributed by atoms with Crippen molar-refractivity contribution in [3.05, 3.63) is 106 Å². The van der Waals surface area contributed by atoms with Crippen molar-refractivity contribution < 1.29 is 19.1 Å². The van der Waals surface area contributed by atoms with Crippen LogP contribution in [-0.4, -0.2) is 36.0 Å². The molecule has 1 aliphatic heterocycles. The fourth-order valence-corrected chi connectivity index (χ4v) is 4.78. The zero-order chi connectivity index (χ0) is 26.4. The highest BCUT2D eigenvalue weighted by Crippen LogP contribution is 2.37. The van der Waals surface area contributed by atoms with Gasteiger partial charge in [-0.05, 0) is 64.7 Å². The van der Waals surface area contributed by atoms with Crippen molar-refractivity contribution in [1.82, 2.24) is 10.2 Å². The lowest BCUT2D eigenvalue weighted by atomic mass is 9.91. The molecule has 0 fully saturated rings. The highest BCUT2D eigenvalue weighted by atomic mass is 79.9. The van der Waals surface area contributed by atoms with E-state index in [4.69, 9.17) is 4.74 Å². The van der Waals surface area contributed by atoms with Gasteiger partial charge in [0, 0.05) is 16.7 Å². The van der Waals surface area contributed by atoms with Crippen LogP contribution in [0, 0.1) is 0 Å². The van der Waals surface area contributed by atoms with Crippen molar-refractivity contribution in [1.29, 1.82) is 0 Å². The maximum Gasteiger partial charge on any atom is 0.338 e. The molecule has 0 saturated heterocycles. The summed E-state index contributed by atoms with van der Waals surface area (Å²) in [6.45, 7) is 4.36. The van der Waals surface area contributed by atoms with Gasteiger partial charge < -0.3 is 15.4 Å². The summed E-state index contributed by atoms with van der Waals surface area (Å²) in [7, 11) is 0. The van der Waals surface area contributed by atoms with Gasteiger partial charge in [-0.25, -0.2) is 9.59 Å². The van der Waals surface area contributed by atoms with Crippen LogP contribution in [0.15, 0.2) is 88.9 Å². The molecule has 2 N–H and O–H groups in total. The number of hydrogen-bond acceptors (Lipinski definition) is 4. The fourth-order valence-electron chi connectivity index (χ4n) is 4.31. The molecule has 0 aliphatic carbocycles. The number of ether oxygens (including phenoxy) is 1. The molecule has 3 aromatic carbocycles. The number of halogens is 1. The highest BCUT2D eigenvalue weighted by molar-refractivity contribution is 9.10. The van der Waals surface area contributed by atoms with Gasteiger partial charge in [0.15, 0.2) is 0 Å². The van der Waals surface area contributed by atoms with Crippen LogP contribution in [0.3, 0.4) is 0 Å². The van der Waals surface area contributed by atoms with Gasteiger partial charge in [-0.1, -0.05) is 61.5 Å². The third-order valence-electron chi connectivity index (χ3n) is 5.91. The molecule has 0 radical (unpaired) electrons. The van der Waals surface area contributed by atoms with E-state index in [9.17, 15) is 14.4 Å². The predicted octanol–water partition coefficient (Wildman–Crippen LogP) is 6.15. The van der Waals surface area contributed by atoms with Crippen molar-refractivity contribution in [2.24, 2.45) is 0 Å². The number of nitrogens with one attached hydrogen (secondary N) is 2. The molecular formula is C29H28BrN3O4. The zero-order valence-electron chi connectivity index (χ0n) is 20.7. The Morgan fingerprint density at radius 3 is 2.43 bits per heavy atom. The molecule has 7 nitrogen and oxygen atoms in total. The van der Waals surface area contributed by atoms with Gasteiger partial charge in [0.05, 0.1) is 29.5 Å². The molecule has 1 aliphatic rings. The van der Waals surface area contributed by atoms with Crippen molar-refractivity contribution in [2.45, 2.75) is 26.3 Å². The summed E-state index contributed by atoms with van der Waals surface area (Å²) in [4.78, 5) is 41.2. The first-order chi connectivity index (χ1) is 17.9. The molecule has 0 bridgehead atoms. The van der Waals surface area contributed by atoms with E-state index in [2.05, 4.69) is 26.6 Å². The number of carbonyl (C=O) groups excluding carboxylic acids is 3. The van der Waals surface area contributed by atoms with Gasteiger partial charge in [-0.2, -0.15) is 0 Å². The predicted molar refractivity (Wildman–Crippen MR) is 147 cm³/mol. The van der Waals surface area contributed by atoms with Gasteiger partial charge in [-0.3, -0.25) is 9.69 Å². The number of anilines is 1. The summed E-state index contributed by atoms with van der Waals surface area (Å²) < 4.78 is 6.14. The minimum absolute atomic E-state index is 0.195. The largest absolute Gasteiger partial charge is 0.463 e. The quantitative estimate of drug-likeness (QED) is 0.323. The molecule has 1 atom stereocenters. The van der Waals surface area contributed by atoms with E-state index in [1.807, 2.05) is 49.4 Å². The number of benzene rings is 3. The Hall–Kier alpha value is -3.91. The van der Waals surface area contributed by atoms with E-state index in [1.165, 1.54) is 0 Å². The number of amides is 3. The zero-order valence-corrected chi connectivity index (χ0v) is 22.2. The summed E-state index contributed by atoms with van der Waals surface area (Å²) in [5.74, 6) is -0.785. The van der Waals surface area contributed by atoms with Gasteiger partial charge in [0.1, 0.15) is 0 Å². The van der Waals surface area contributed by atoms with Crippen molar-refractivity contribution in [3.8, 4) is 0 Å². The number of esters is 1. The summed E-state index contributed by atoms with van der Waals surface area (Å²) in [6, 6.07) is 22.6. The van der Waals surface area contributed by atoms with Gasteiger partial charge >= 0.3 is 12.0 Å². The Morgan fingerprint density at radius 2 is 1.73 bits per heavy atom. The van der Waals surface area contributed by atoms with E-state index in [-0.39, 0.29) is 18.5 Å². The summed E-state index contributed by atoms with van der Waals surface area (Å²) in [6.07, 6.45) is 0.709. The van der Waals surface area contributed by atoms with Crippen LogP contribution < -0.4 is 10.6 Å². The molecule has 3 amide bonds. The Labute approximate surface area is 224 Å². The fraction of sp³-hybridized carbons (Fsp3) is 0.207. The Morgan fingerprint density at radius 1 is 1.00 bits per heavy atom. The molecule has 37 heavy (non-hydrogen) atoms. The molecule has 0 aromatic heterocycles. The minimum Gasteiger partial charge on any atom is -0.463 e. The summed E-state index contributed by atoms with van der Waals surface area (Å²) in [5.41, 5.74) is 3.29. The molecule has 8 heteroatoms.